The monoisotopic (exact) mass is 334 g/mol. The first-order valence-electron chi connectivity index (χ1n) is 7.27. The number of ether oxygens (including phenoxy) is 1. The molecular formula is C14H18N6O4. The molecule has 0 aliphatic heterocycles. The summed E-state index contributed by atoms with van der Waals surface area (Å²) in [7, 11) is 1.62. The Bertz CT molecular complexity index is 702. The van der Waals surface area contributed by atoms with E-state index in [4.69, 9.17) is 4.74 Å². The van der Waals surface area contributed by atoms with Crippen molar-refractivity contribution < 1.29 is 14.5 Å². The van der Waals surface area contributed by atoms with E-state index >= 15 is 0 Å². The summed E-state index contributed by atoms with van der Waals surface area (Å²) in [6.07, 6.45) is 1.42. The van der Waals surface area contributed by atoms with Crippen LogP contribution in [-0.2, 0) is 4.74 Å². The number of nitro groups is 1. The molecule has 1 aromatic heterocycles. The molecule has 0 saturated heterocycles. The second kappa shape index (κ2) is 8.70. The van der Waals surface area contributed by atoms with Crippen LogP contribution < -0.4 is 10.6 Å². The van der Waals surface area contributed by atoms with Crippen molar-refractivity contribution in [1.82, 2.24) is 25.6 Å². The van der Waals surface area contributed by atoms with Gasteiger partial charge < -0.3 is 15.4 Å². The Morgan fingerprint density at radius 1 is 1.38 bits per heavy atom. The number of hydrogen-bond donors (Lipinski definition) is 2. The fourth-order valence-electron chi connectivity index (χ4n) is 1.90. The molecule has 0 unspecified atom stereocenters. The van der Waals surface area contributed by atoms with Crippen molar-refractivity contribution >= 4 is 11.6 Å². The van der Waals surface area contributed by atoms with Gasteiger partial charge in [-0.2, -0.15) is 0 Å². The number of amides is 1. The summed E-state index contributed by atoms with van der Waals surface area (Å²) < 4.78 is 6.21. The Morgan fingerprint density at radius 3 is 2.96 bits per heavy atom. The largest absolute Gasteiger partial charge is 0.383 e. The molecule has 0 saturated carbocycles. The maximum absolute atomic E-state index is 12.0. The first-order chi connectivity index (χ1) is 11.6. The zero-order chi connectivity index (χ0) is 17.4. The Kier molecular flexibility index (Phi) is 6.34. The number of hydrogen-bond acceptors (Lipinski definition) is 7. The van der Waals surface area contributed by atoms with Crippen molar-refractivity contribution in [1.29, 1.82) is 0 Å². The van der Waals surface area contributed by atoms with E-state index < -0.39 is 4.92 Å². The Labute approximate surface area is 138 Å². The fraction of sp³-hybridized carbons (Fsp3) is 0.357. The van der Waals surface area contributed by atoms with Gasteiger partial charge in [0.1, 0.15) is 0 Å². The molecule has 0 aliphatic carbocycles. The van der Waals surface area contributed by atoms with E-state index in [1.807, 2.05) is 0 Å². The van der Waals surface area contributed by atoms with Crippen LogP contribution >= 0.6 is 0 Å². The molecule has 1 amide bonds. The number of carbonyl (C=O) groups excluding carboxylic acids is 1. The predicted molar refractivity (Wildman–Crippen MR) is 85.1 cm³/mol. The lowest BCUT2D eigenvalue weighted by Crippen LogP contribution is -2.33. The van der Waals surface area contributed by atoms with Crippen LogP contribution in [0.1, 0.15) is 10.5 Å². The summed E-state index contributed by atoms with van der Waals surface area (Å²) in [6, 6.07) is 5.92. The third-order valence-corrected chi connectivity index (χ3v) is 3.10. The predicted octanol–water partition coefficient (Wildman–Crippen LogP) is 0.141. The number of benzene rings is 1. The van der Waals surface area contributed by atoms with Crippen LogP contribution in [0.4, 0.5) is 5.69 Å². The molecule has 24 heavy (non-hydrogen) atoms. The first-order valence-corrected chi connectivity index (χ1v) is 7.27. The van der Waals surface area contributed by atoms with Crippen molar-refractivity contribution in [2.75, 3.05) is 33.4 Å². The standard InChI is InChI=1S/C14H18N6O4/c1-24-8-7-15-5-6-16-14(21)13-10-19(18-17-13)11-3-2-4-12(9-11)20(22)23/h2-4,9-10,15H,5-8H2,1H3,(H,16,21). The van der Waals surface area contributed by atoms with E-state index in [-0.39, 0.29) is 17.3 Å². The maximum Gasteiger partial charge on any atom is 0.273 e. The molecule has 1 aromatic carbocycles. The molecule has 0 spiro atoms. The lowest BCUT2D eigenvalue weighted by molar-refractivity contribution is -0.384. The van der Waals surface area contributed by atoms with E-state index in [1.54, 1.807) is 19.2 Å². The summed E-state index contributed by atoms with van der Waals surface area (Å²) in [5.41, 5.74) is 0.534. The number of rotatable bonds is 9. The highest BCUT2D eigenvalue weighted by molar-refractivity contribution is 5.91. The van der Waals surface area contributed by atoms with E-state index in [0.29, 0.717) is 31.9 Å². The van der Waals surface area contributed by atoms with Gasteiger partial charge in [0.05, 0.1) is 23.4 Å². The van der Waals surface area contributed by atoms with Crippen LogP contribution in [0.25, 0.3) is 5.69 Å². The third-order valence-electron chi connectivity index (χ3n) is 3.10. The van der Waals surface area contributed by atoms with Gasteiger partial charge in [0.25, 0.3) is 11.6 Å². The van der Waals surface area contributed by atoms with Gasteiger partial charge in [-0.3, -0.25) is 14.9 Å². The molecule has 128 valence electrons. The number of methoxy groups -OCH3 is 1. The van der Waals surface area contributed by atoms with Crippen molar-refractivity contribution in [3.05, 3.63) is 46.3 Å². The van der Waals surface area contributed by atoms with Crippen molar-refractivity contribution in [3.63, 3.8) is 0 Å². The third kappa shape index (κ3) is 4.83. The van der Waals surface area contributed by atoms with Gasteiger partial charge in [-0.15, -0.1) is 5.10 Å². The molecule has 0 aliphatic rings. The minimum Gasteiger partial charge on any atom is -0.383 e. The first kappa shape index (κ1) is 17.5. The summed E-state index contributed by atoms with van der Waals surface area (Å²) in [6.45, 7) is 2.35. The van der Waals surface area contributed by atoms with Gasteiger partial charge in [-0.25, -0.2) is 4.68 Å². The van der Waals surface area contributed by atoms with E-state index in [1.165, 1.54) is 23.0 Å². The molecule has 1 heterocycles. The van der Waals surface area contributed by atoms with Crippen LogP contribution in [-0.4, -0.2) is 59.2 Å². The highest BCUT2D eigenvalue weighted by Gasteiger charge is 2.12. The summed E-state index contributed by atoms with van der Waals surface area (Å²) in [5, 5.41) is 24.2. The van der Waals surface area contributed by atoms with Gasteiger partial charge in [-0.1, -0.05) is 11.3 Å². The lowest BCUT2D eigenvalue weighted by Gasteiger charge is -2.04. The average molecular weight is 334 g/mol. The fourth-order valence-corrected chi connectivity index (χ4v) is 1.90. The number of aromatic nitrogens is 3. The molecular weight excluding hydrogens is 316 g/mol. The zero-order valence-corrected chi connectivity index (χ0v) is 13.1. The molecule has 10 heteroatoms. The molecule has 2 rings (SSSR count). The molecule has 2 aromatic rings. The van der Waals surface area contributed by atoms with E-state index in [0.717, 1.165) is 0 Å². The van der Waals surface area contributed by atoms with Gasteiger partial charge >= 0.3 is 0 Å². The van der Waals surface area contributed by atoms with Crippen LogP contribution in [0.3, 0.4) is 0 Å². The second-order valence-corrected chi connectivity index (χ2v) is 4.82. The highest BCUT2D eigenvalue weighted by atomic mass is 16.6. The maximum atomic E-state index is 12.0. The van der Waals surface area contributed by atoms with Crippen LogP contribution in [0, 0.1) is 10.1 Å². The van der Waals surface area contributed by atoms with Crippen LogP contribution in [0.5, 0.6) is 0 Å². The van der Waals surface area contributed by atoms with Gasteiger partial charge in [0.2, 0.25) is 0 Å². The number of nitro benzene ring substituents is 1. The van der Waals surface area contributed by atoms with Gasteiger partial charge in [0, 0.05) is 38.9 Å². The number of non-ortho nitro benzene ring substituents is 1. The van der Waals surface area contributed by atoms with E-state index in [9.17, 15) is 14.9 Å². The number of nitrogens with one attached hydrogen (secondary N) is 2. The quantitative estimate of drug-likeness (QED) is 0.380. The van der Waals surface area contributed by atoms with Crippen molar-refractivity contribution in [2.45, 2.75) is 0 Å². The molecule has 0 bridgehead atoms. The summed E-state index contributed by atoms with van der Waals surface area (Å²) >= 11 is 0. The summed E-state index contributed by atoms with van der Waals surface area (Å²) in [4.78, 5) is 22.3. The molecule has 2 N–H and O–H groups in total. The molecule has 0 atom stereocenters. The SMILES string of the molecule is COCCNCCNC(=O)c1cn(-c2cccc([N+](=O)[O-])c2)nn1. The van der Waals surface area contributed by atoms with Crippen molar-refractivity contribution in [3.8, 4) is 5.69 Å². The average Bonchev–Trinajstić information content (AvgIpc) is 3.08. The van der Waals surface area contributed by atoms with Crippen molar-refractivity contribution in [2.24, 2.45) is 0 Å². The lowest BCUT2D eigenvalue weighted by atomic mass is 10.3. The molecule has 0 radical (unpaired) electrons. The topological polar surface area (TPSA) is 124 Å². The number of nitrogens with zero attached hydrogens (tertiary/aromatic N) is 4. The van der Waals surface area contributed by atoms with Crippen LogP contribution in [0.15, 0.2) is 30.5 Å². The Morgan fingerprint density at radius 2 is 2.21 bits per heavy atom. The normalized spacial score (nSPS) is 10.5. The van der Waals surface area contributed by atoms with E-state index in [2.05, 4.69) is 20.9 Å². The molecule has 0 fully saturated rings. The summed E-state index contributed by atoms with van der Waals surface area (Å²) in [5.74, 6) is -0.361. The smallest absolute Gasteiger partial charge is 0.273 e. The second-order valence-electron chi connectivity index (χ2n) is 4.82. The zero-order valence-electron chi connectivity index (χ0n) is 13.1. The highest BCUT2D eigenvalue weighted by Crippen LogP contribution is 2.15. The minimum absolute atomic E-state index is 0.0591. The van der Waals surface area contributed by atoms with Crippen LogP contribution in [0.2, 0.25) is 0 Å². The van der Waals surface area contributed by atoms with Gasteiger partial charge in [0.15, 0.2) is 5.69 Å². The Balaban J connectivity index is 1.91. The number of carbonyl (C=O) groups is 1. The Hall–Kier alpha value is -2.85. The minimum atomic E-state index is -0.495. The molecule has 10 nitrogen and oxygen atoms in total. The van der Waals surface area contributed by atoms with Gasteiger partial charge in [-0.05, 0) is 6.07 Å².